The molecule has 1 N–H and O–H groups in total. The Balaban J connectivity index is 1.56. The van der Waals surface area contributed by atoms with Crippen molar-refractivity contribution in [1.82, 2.24) is 5.32 Å². The molecular formula is C29H35NO6. The van der Waals surface area contributed by atoms with Crippen molar-refractivity contribution in [2.75, 3.05) is 6.54 Å². The van der Waals surface area contributed by atoms with Gasteiger partial charge in [-0.2, -0.15) is 0 Å². The average Bonchev–Trinajstić information content (AvgIpc) is 2.80. The third-order valence-corrected chi connectivity index (χ3v) is 5.83. The number of amides is 1. The highest BCUT2D eigenvalue weighted by Gasteiger charge is 2.17. The molecule has 1 aromatic heterocycles. The molecule has 0 aliphatic rings. The molecule has 1 amide bonds. The van der Waals surface area contributed by atoms with Gasteiger partial charge in [-0.1, -0.05) is 36.8 Å². The summed E-state index contributed by atoms with van der Waals surface area (Å²) in [7, 11) is 0. The molecule has 0 aliphatic heterocycles. The molecule has 0 unspecified atom stereocenters. The maximum Gasteiger partial charge on any atom is 0.407 e. The van der Waals surface area contributed by atoms with Gasteiger partial charge in [0.05, 0.1) is 0 Å². The topological polar surface area (TPSA) is 94.8 Å². The molecule has 7 heteroatoms. The number of rotatable bonds is 9. The second-order valence-corrected chi connectivity index (χ2v) is 9.93. The van der Waals surface area contributed by atoms with Gasteiger partial charge in [0, 0.05) is 35.9 Å². The van der Waals surface area contributed by atoms with Crippen molar-refractivity contribution in [1.29, 1.82) is 0 Å². The lowest BCUT2D eigenvalue weighted by Crippen LogP contribution is -2.33. The number of alkyl carbamates (subject to hydrolysis) is 1. The lowest BCUT2D eigenvalue weighted by Gasteiger charge is -2.19. The third kappa shape index (κ3) is 7.44. The summed E-state index contributed by atoms with van der Waals surface area (Å²) in [5.74, 6) is 0.0368. The number of aryl methyl sites for hydroxylation is 2. The van der Waals surface area contributed by atoms with Gasteiger partial charge in [-0.25, -0.2) is 9.59 Å². The first-order chi connectivity index (χ1) is 17.0. The Morgan fingerprint density at radius 2 is 1.67 bits per heavy atom. The zero-order valence-electron chi connectivity index (χ0n) is 21.7. The molecule has 3 rings (SSSR count). The van der Waals surface area contributed by atoms with Crippen LogP contribution < -0.4 is 15.7 Å². The lowest BCUT2D eigenvalue weighted by molar-refractivity contribution is -0.134. The number of benzene rings is 2. The van der Waals surface area contributed by atoms with E-state index in [1.54, 1.807) is 13.0 Å². The first kappa shape index (κ1) is 27.0. The molecule has 0 radical (unpaired) electrons. The number of carbonyl (C=O) groups excluding carboxylic acids is 2. The van der Waals surface area contributed by atoms with Gasteiger partial charge in [-0.15, -0.1) is 0 Å². The quantitative estimate of drug-likeness (QED) is 0.170. The van der Waals surface area contributed by atoms with Crippen LogP contribution in [-0.2, 0) is 16.0 Å². The summed E-state index contributed by atoms with van der Waals surface area (Å²) in [4.78, 5) is 36.8. The molecule has 7 nitrogen and oxygen atoms in total. The van der Waals surface area contributed by atoms with Crippen LogP contribution >= 0.6 is 0 Å². The van der Waals surface area contributed by atoms with Gasteiger partial charge < -0.3 is 19.2 Å². The highest BCUT2D eigenvalue weighted by Crippen LogP contribution is 2.30. The van der Waals surface area contributed by atoms with Crippen LogP contribution in [0.15, 0.2) is 51.7 Å². The molecule has 1 heterocycles. The lowest BCUT2D eigenvalue weighted by atomic mass is 9.98. The van der Waals surface area contributed by atoms with Gasteiger partial charge in [0.25, 0.3) is 0 Å². The Hall–Kier alpha value is -3.61. The first-order valence-electron chi connectivity index (χ1n) is 12.3. The van der Waals surface area contributed by atoms with E-state index in [2.05, 4.69) is 5.32 Å². The van der Waals surface area contributed by atoms with E-state index >= 15 is 0 Å². The number of carbonyl (C=O) groups is 2. The van der Waals surface area contributed by atoms with Gasteiger partial charge in [0.2, 0.25) is 0 Å². The number of nitrogens with one attached hydrogen (secondary N) is 1. The van der Waals surface area contributed by atoms with Crippen LogP contribution in [0.4, 0.5) is 4.79 Å². The van der Waals surface area contributed by atoms with E-state index in [1.807, 2.05) is 64.1 Å². The fourth-order valence-electron chi connectivity index (χ4n) is 3.94. The number of unbranched alkanes of at least 4 members (excludes halogenated alkanes) is 2. The molecule has 36 heavy (non-hydrogen) atoms. The monoisotopic (exact) mass is 493 g/mol. The van der Waals surface area contributed by atoms with Crippen LogP contribution in [0.3, 0.4) is 0 Å². The molecule has 0 aliphatic carbocycles. The molecule has 0 saturated heterocycles. The van der Waals surface area contributed by atoms with Crippen LogP contribution in [0.2, 0.25) is 0 Å². The number of fused-ring (bicyclic) bond motifs is 1. The van der Waals surface area contributed by atoms with E-state index in [4.69, 9.17) is 13.9 Å². The summed E-state index contributed by atoms with van der Waals surface area (Å²) in [6, 6.07) is 13.4. The number of hydrogen-bond donors (Lipinski definition) is 1. The van der Waals surface area contributed by atoms with Gasteiger partial charge in [-0.3, -0.25) is 4.79 Å². The van der Waals surface area contributed by atoms with Gasteiger partial charge in [-0.05, 0) is 70.7 Å². The van der Waals surface area contributed by atoms with E-state index in [9.17, 15) is 14.4 Å². The van der Waals surface area contributed by atoms with Crippen molar-refractivity contribution in [3.63, 3.8) is 0 Å². The molecule has 0 atom stereocenters. The van der Waals surface area contributed by atoms with Crippen molar-refractivity contribution in [3.8, 4) is 5.75 Å². The van der Waals surface area contributed by atoms with Gasteiger partial charge in [0.15, 0.2) is 0 Å². The smallest absolute Gasteiger partial charge is 0.407 e. The number of hydrogen-bond acceptors (Lipinski definition) is 6. The third-order valence-electron chi connectivity index (χ3n) is 5.83. The van der Waals surface area contributed by atoms with Crippen molar-refractivity contribution in [3.05, 3.63) is 75.1 Å². The largest absolute Gasteiger partial charge is 0.444 e. The predicted molar refractivity (Wildman–Crippen MR) is 140 cm³/mol. The van der Waals surface area contributed by atoms with Crippen LogP contribution in [0.5, 0.6) is 5.75 Å². The maximum atomic E-state index is 12.8. The summed E-state index contributed by atoms with van der Waals surface area (Å²) < 4.78 is 16.4. The second kappa shape index (κ2) is 11.9. The van der Waals surface area contributed by atoms with Crippen molar-refractivity contribution < 1.29 is 23.5 Å². The van der Waals surface area contributed by atoms with Crippen LogP contribution in [0, 0.1) is 13.8 Å². The van der Waals surface area contributed by atoms with Gasteiger partial charge >= 0.3 is 17.7 Å². The second-order valence-electron chi connectivity index (χ2n) is 9.93. The van der Waals surface area contributed by atoms with Crippen molar-refractivity contribution >= 4 is 23.0 Å². The van der Waals surface area contributed by atoms with Gasteiger partial charge in [0.1, 0.15) is 16.9 Å². The normalized spacial score (nSPS) is 11.4. The standard InChI is InChI=1S/C29H35NO6/c1-19-22-15-16-24(34-25(31)14-10-7-11-17-30-28(33)36-29(3,4)5)20(2)26(22)35-27(32)23(19)18-21-12-8-6-9-13-21/h6,8-9,12-13,15-16H,7,10-11,14,17-18H2,1-5H3,(H,30,33). The fourth-order valence-corrected chi connectivity index (χ4v) is 3.94. The predicted octanol–water partition coefficient (Wildman–Crippen LogP) is 5.99. The minimum absolute atomic E-state index is 0.253. The Bertz CT molecular complexity index is 1270. The van der Waals surface area contributed by atoms with Crippen molar-refractivity contribution in [2.45, 2.75) is 72.3 Å². The number of esters is 1. The summed E-state index contributed by atoms with van der Waals surface area (Å²) in [6.07, 6.45) is 2.44. The van der Waals surface area contributed by atoms with E-state index < -0.39 is 11.7 Å². The molecule has 3 aromatic rings. The molecule has 0 saturated carbocycles. The number of ether oxygens (including phenoxy) is 2. The maximum absolute atomic E-state index is 12.8. The Labute approximate surface area is 211 Å². The summed E-state index contributed by atoms with van der Waals surface area (Å²) in [5.41, 5.74) is 2.68. The summed E-state index contributed by atoms with van der Waals surface area (Å²) in [5, 5.41) is 3.53. The fraction of sp³-hybridized carbons (Fsp3) is 0.414. The van der Waals surface area contributed by atoms with E-state index in [-0.39, 0.29) is 18.0 Å². The van der Waals surface area contributed by atoms with Crippen LogP contribution in [0.1, 0.15) is 68.7 Å². The highest BCUT2D eigenvalue weighted by molar-refractivity contribution is 5.86. The van der Waals surface area contributed by atoms with E-state index in [0.29, 0.717) is 41.8 Å². The van der Waals surface area contributed by atoms with Crippen LogP contribution in [-0.4, -0.2) is 24.2 Å². The summed E-state index contributed by atoms with van der Waals surface area (Å²) in [6.45, 7) is 9.63. The zero-order chi connectivity index (χ0) is 26.3. The molecule has 0 spiro atoms. The highest BCUT2D eigenvalue weighted by atomic mass is 16.6. The Morgan fingerprint density at radius 1 is 0.944 bits per heavy atom. The SMILES string of the molecule is Cc1c(Cc2ccccc2)c(=O)oc2c(C)c(OC(=O)CCCCCNC(=O)OC(C)(C)C)ccc12. The minimum atomic E-state index is -0.527. The zero-order valence-corrected chi connectivity index (χ0v) is 21.7. The molecule has 192 valence electrons. The van der Waals surface area contributed by atoms with E-state index in [0.717, 1.165) is 29.4 Å². The average molecular weight is 494 g/mol. The van der Waals surface area contributed by atoms with E-state index in [1.165, 1.54) is 0 Å². The molecule has 2 aromatic carbocycles. The molecule has 0 fully saturated rings. The van der Waals surface area contributed by atoms with Crippen LogP contribution in [0.25, 0.3) is 11.0 Å². The van der Waals surface area contributed by atoms with Crippen molar-refractivity contribution in [2.24, 2.45) is 0 Å². The Kier molecular flexibility index (Phi) is 8.91. The molecular weight excluding hydrogens is 458 g/mol. The summed E-state index contributed by atoms with van der Waals surface area (Å²) >= 11 is 0. The minimum Gasteiger partial charge on any atom is -0.444 e. The molecule has 0 bridgehead atoms. The first-order valence-corrected chi connectivity index (χ1v) is 12.3. The Morgan fingerprint density at radius 3 is 2.36 bits per heavy atom.